The van der Waals surface area contributed by atoms with Gasteiger partial charge in [-0.3, -0.25) is 9.69 Å². The van der Waals surface area contributed by atoms with Gasteiger partial charge in [0, 0.05) is 31.7 Å². The van der Waals surface area contributed by atoms with Crippen LogP contribution in [0.15, 0.2) is 45.3 Å². The van der Waals surface area contributed by atoms with Crippen LogP contribution >= 0.6 is 0 Å². The average molecular weight is 366 g/mol. The Morgan fingerprint density at radius 3 is 2.44 bits per heavy atom. The molecule has 1 aliphatic heterocycles. The van der Waals surface area contributed by atoms with Crippen molar-refractivity contribution in [3.63, 3.8) is 0 Å². The topological polar surface area (TPSA) is 75.6 Å². The highest BCUT2D eigenvalue weighted by Crippen LogP contribution is 2.18. The first-order valence-corrected chi connectivity index (χ1v) is 9.06. The Bertz CT molecular complexity index is 921. The van der Waals surface area contributed by atoms with Crippen LogP contribution in [0.4, 0.5) is 0 Å². The van der Waals surface area contributed by atoms with Crippen molar-refractivity contribution in [2.24, 2.45) is 0 Å². The van der Waals surface area contributed by atoms with Crippen LogP contribution in [0, 0.1) is 13.8 Å². The predicted octanol–water partition coefficient (Wildman–Crippen LogP) is 2.90. The van der Waals surface area contributed by atoms with Crippen LogP contribution in [0.25, 0.3) is 11.4 Å². The first-order chi connectivity index (χ1) is 13.1. The first kappa shape index (κ1) is 17.5. The van der Waals surface area contributed by atoms with Gasteiger partial charge in [0.1, 0.15) is 5.76 Å². The Balaban J connectivity index is 1.33. The fourth-order valence-electron chi connectivity index (χ4n) is 3.14. The van der Waals surface area contributed by atoms with Gasteiger partial charge in [-0.2, -0.15) is 4.98 Å². The van der Waals surface area contributed by atoms with Crippen LogP contribution in [-0.2, 0) is 6.54 Å². The number of amides is 1. The van der Waals surface area contributed by atoms with Crippen molar-refractivity contribution in [2.75, 3.05) is 26.2 Å². The van der Waals surface area contributed by atoms with Crippen LogP contribution in [0.2, 0.25) is 0 Å². The summed E-state index contributed by atoms with van der Waals surface area (Å²) in [5.74, 6) is 2.29. The lowest BCUT2D eigenvalue weighted by molar-refractivity contribution is 0.0583. The lowest BCUT2D eigenvalue weighted by Crippen LogP contribution is -2.48. The molecule has 0 atom stereocenters. The zero-order valence-electron chi connectivity index (χ0n) is 15.5. The molecular formula is C20H22N4O3. The van der Waals surface area contributed by atoms with Crippen molar-refractivity contribution in [1.29, 1.82) is 0 Å². The van der Waals surface area contributed by atoms with E-state index in [0.29, 0.717) is 37.1 Å². The maximum absolute atomic E-state index is 12.4. The molecule has 0 saturated carbocycles. The van der Waals surface area contributed by atoms with E-state index >= 15 is 0 Å². The zero-order valence-corrected chi connectivity index (χ0v) is 15.5. The number of nitrogens with zero attached hydrogens (tertiary/aromatic N) is 4. The highest BCUT2D eigenvalue weighted by atomic mass is 16.5. The number of aryl methyl sites for hydroxylation is 2. The molecule has 2 aromatic heterocycles. The van der Waals surface area contributed by atoms with Gasteiger partial charge in [0.25, 0.3) is 5.91 Å². The zero-order chi connectivity index (χ0) is 18.8. The summed E-state index contributed by atoms with van der Waals surface area (Å²) in [6.45, 7) is 7.28. The maximum Gasteiger partial charge on any atom is 0.289 e. The Hall–Kier alpha value is -2.93. The fraction of sp³-hybridized carbons (Fsp3) is 0.350. The molecule has 1 saturated heterocycles. The summed E-state index contributed by atoms with van der Waals surface area (Å²) in [7, 11) is 0. The Labute approximate surface area is 157 Å². The quantitative estimate of drug-likeness (QED) is 0.707. The molecule has 140 valence electrons. The molecule has 0 aliphatic carbocycles. The van der Waals surface area contributed by atoms with Gasteiger partial charge in [-0.25, -0.2) is 0 Å². The number of benzene rings is 1. The molecule has 7 heteroatoms. The van der Waals surface area contributed by atoms with Crippen molar-refractivity contribution < 1.29 is 13.7 Å². The van der Waals surface area contributed by atoms with E-state index < -0.39 is 0 Å². The summed E-state index contributed by atoms with van der Waals surface area (Å²) in [5.41, 5.74) is 2.14. The monoisotopic (exact) mass is 366 g/mol. The third-order valence-corrected chi connectivity index (χ3v) is 4.75. The van der Waals surface area contributed by atoms with Gasteiger partial charge in [-0.05, 0) is 26.0 Å². The number of rotatable bonds is 4. The van der Waals surface area contributed by atoms with E-state index in [2.05, 4.69) is 15.0 Å². The van der Waals surface area contributed by atoms with Crippen molar-refractivity contribution in [2.45, 2.75) is 20.4 Å². The van der Waals surface area contributed by atoms with Crippen LogP contribution < -0.4 is 0 Å². The van der Waals surface area contributed by atoms with Crippen molar-refractivity contribution >= 4 is 5.91 Å². The van der Waals surface area contributed by atoms with Gasteiger partial charge in [0.15, 0.2) is 5.76 Å². The van der Waals surface area contributed by atoms with E-state index in [1.165, 1.54) is 5.56 Å². The van der Waals surface area contributed by atoms with Gasteiger partial charge < -0.3 is 13.8 Å². The number of piperazine rings is 1. The molecule has 0 bridgehead atoms. The highest BCUT2D eigenvalue weighted by Gasteiger charge is 2.25. The molecule has 1 aromatic carbocycles. The molecule has 1 fully saturated rings. The number of furan rings is 1. The minimum absolute atomic E-state index is 0.0535. The van der Waals surface area contributed by atoms with Crippen molar-refractivity contribution in [3.05, 3.63) is 59.4 Å². The minimum Gasteiger partial charge on any atom is -0.456 e. The summed E-state index contributed by atoms with van der Waals surface area (Å²) in [6, 6.07) is 11.6. The third-order valence-electron chi connectivity index (χ3n) is 4.75. The molecule has 0 unspecified atom stereocenters. The number of carbonyl (C=O) groups excluding carboxylic acids is 1. The summed E-state index contributed by atoms with van der Waals surface area (Å²) < 4.78 is 10.8. The third kappa shape index (κ3) is 3.93. The van der Waals surface area contributed by atoms with Gasteiger partial charge in [-0.15, -0.1) is 0 Å². The Morgan fingerprint density at radius 2 is 1.78 bits per heavy atom. The van der Waals surface area contributed by atoms with Crippen LogP contribution in [0.1, 0.15) is 27.8 Å². The second-order valence-corrected chi connectivity index (χ2v) is 6.86. The summed E-state index contributed by atoms with van der Waals surface area (Å²) in [6.07, 6.45) is 0. The van der Waals surface area contributed by atoms with E-state index in [-0.39, 0.29) is 5.91 Å². The van der Waals surface area contributed by atoms with Crippen LogP contribution in [0.5, 0.6) is 0 Å². The second-order valence-electron chi connectivity index (χ2n) is 6.86. The van der Waals surface area contributed by atoms with E-state index in [1.54, 1.807) is 6.07 Å². The number of carbonyl (C=O) groups is 1. The summed E-state index contributed by atoms with van der Waals surface area (Å²) >= 11 is 0. The molecule has 3 aromatic rings. The van der Waals surface area contributed by atoms with Gasteiger partial charge in [0.05, 0.1) is 6.54 Å². The van der Waals surface area contributed by atoms with Crippen molar-refractivity contribution in [1.82, 2.24) is 19.9 Å². The first-order valence-electron chi connectivity index (χ1n) is 9.06. The molecule has 4 rings (SSSR count). The SMILES string of the molecule is Cc1ccc(-c2noc(CN3CCN(C(=O)c4ccc(C)o4)CC3)n2)cc1. The predicted molar refractivity (Wildman–Crippen MR) is 99.1 cm³/mol. The lowest BCUT2D eigenvalue weighted by Gasteiger charge is -2.33. The molecule has 0 spiro atoms. The smallest absolute Gasteiger partial charge is 0.289 e. The van der Waals surface area contributed by atoms with E-state index in [0.717, 1.165) is 24.4 Å². The number of aromatic nitrogens is 2. The lowest BCUT2D eigenvalue weighted by atomic mass is 10.1. The molecule has 7 nitrogen and oxygen atoms in total. The Kier molecular flexibility index (Phi) is 4.77. The number of hydrogen-bond acceptors (Lipinski definition) is 6. The molecular weight excluding hydrogens is 344 g/mol. The van der Waals surface area contributed by atoms with Gasteiger partial charge in [0.2, 0.25) is 11.7 Å². The van der Waals surface area contributed by atoms with E-state index in [4.69, 9.17) is 8.94 Å². The van der Waals surface area contributed by atoms with Gasteiger partial charge in [-0.1, -0.05) is 35.0 Å². The molecule has 3 heterocycles. The standard InChI is InChI=1S/C20H22N4O3/c1-14-3-6-16(7-4-14)19-21-18(27-22-19)13-23-9-11-24(12-10-23)20(25)17-8-5-15(2)26-17/h3-8H,9-13H2,1-2H3. The van der Waals surface area contributed by atoms with Crippen molar-refractivity contribution in [3.8, 4) is 11.4 Å². The highest BCUT2D eigenvalue weighted by molar-refractivity contribution is 5.91. The van der Waals surface area contributed by atoms with Crippen LogP contribution in [-0.4, -0.2) is 52.0 Å². The van der Waals surface area contributed by atoms with E-state index in [1.807, 2.05) is 49.1 Å². The summed E-state index contributed by atoms with van der Waals surface area (Å²) in [5, 5.41) is 4.08. The minimum atomic E-state index is -0.0535. The number of hydrogen-bond donors (Lipinski definition) is 0. The molecule has 0 radical (unpaired) electrons. The van der Waals surface area contributed by atoms with Gasteiger partial charge >= 0.3 is 0 Å². The van der Waals surface area contributed by atoms with Crippen LogP contribution in [0.3, 0.4) is 0 Å². The molecule has 1 amide bonds. The largest absolute Gasteiger partial charge is 0.456 e. The average Bonchev–Trinajstić information content (AvgIpc) is 3.32. The second kappa shape index (κ2) is 7.36. The fourth-order valence-corrected chi connectivity index (χ4v) is 3.14. The Morgan fingerprint density at radius 1 is 1.04 bits per heavy atom. The normalized spacial score (nSPS) is 15.3. The molecule has 27 heavy (non-hydrogen) atoms. The van der Waals surface area contributed by atoms with E-state index in [9.17, 15) is 4.79 Å². The molecule has 0 N–H and O–H groups in total. The maximum atomic E-state index is 12.4. The molecule has 1 aliphatic rings. The summed E-state index contributed by atoms with van der Waals surface area (Å²) in [4.78, 5) is 21.0.